The molecule has 8 heteroatoms. The predicted octanol–water partition coefficient (Wildman–Crippen LogP) is 6.05. The summed E-state index contributed by atoms with van der Waals surface area (Å²) >= 11 is 0. The van der Waals surface area contributed by atoms with E-state index < -0.39 is 12.1 Å². The van der Waals surface area contributed by atoms with Crippen LogP contribution < -0.4 is 5.32 Å². The highest BCUT2D eigenvalue weighted by atomic mass is 16.6. The molecular weight excluding hydrogens is 516 g/mol. The molecule has 2 amide bonds. The molecule has 0 radical (unpaired) electrons. The van der Waals surface area contributed by atoms with E-state index in [2.05, 4.69) is 51.7 Å². The third-order valence-electron chi connectivity index (χ3n) is 7.83. The number of aromatic amines is 1. The Hall–Kier alpha value is -4.43. The molecule has 2 saturated heterocycles. The van der Waals surface area contributed by atoms with Gasteiger partial charge in [-0.2, -0.15) is 0 Å². The molecule has 3 aromatic carbocycles. The standard InChI is InChI=1S/C33H34N4O4/c38-32(30(26-10-5-2-6-11-26)36-33(39)41-27-17-20-40-21-18-27)37-19-7-12-29(37)31-34-22-28(35-31)25-15-13-24(14-16-25)23-8-3-1-4-9-23/h1-6,8-11,13-16,22,27,29-30H,7,12,17-21H2,(H,34,35)(H,36,39)/t29-,30-/m0/s1. The van der Waals surface area contributed by atoms with Crippen LogP contribution in [-0.4, -0.2) is 52.7 Å². The number of likely N-dealkylation sites (tertiary alicyclic amines) is 1. The fourth-order valence-corrected chi connectivity index (χ4v) is 5.64. The molecule has 4 aromatic rings. The number of rotatable bonds is 7. The van der Waals surface area contributed by atoms with Crippen LogP contribution in [0.2, 0.25) is 0 Å². The Bertz CT molecular complexity index is 1450. The summed E-state index contributed by atoms with van der Waals surface area (Å²) in [7, 11) is 0. The first-order chi connectivity index (χ1) is 20.2. The van der Waals surface area contributed by atoms with Crippen LogP contribution in [0.3, 0.4) is 0 Å². The molecular formula is C33H34N4O4. The zero-order valence-electron chi connectivity index (χ0n) is 22.9. The van der Waals surface area contributed by atoms with Gasteiger partial charge in [-0.05, 0) is 35.1 Å². The Morgan fingerprint density at radius 3 is 2.27 bits per heavy atom. The van der Waals surface area contributed by atoms with Crippen LogP contribution in [0.25, 0.3) is 22.4 Å². The topological polar surface area (TPSA) is 96.6 Å². The number of alkyl carbamates (subject to hydrolysis) is 1. The molecule has 8 nitrogen and oxygen atoms in total. The number of imidazole rings is 1. The fourth-order valence-electron chi connectivity index (χ4n) is 5.64. The van der Waals surface area contributed by atoms with E-state index in [0.717, 1.165) is 35.5 Å². The molecule has 2 atom stereocenters. The van der Waals surface area contributed by atoms with Gasteiger partial charge < -0.3 is 24.7 Å². The summed E-state index contributed by atoms with van der Waals surface area (Å²) in [5.74, 6) is 0.572. The second-order valence-electron chi connectivity index (χ2n) is 10.5. The number of aromatic nitrogens is 2. The van der Waals surface area contributed by atoms with E-state index in [1.807, 2.05) is 59.6 Å². The van der Waals surface area contributed by atoms with Crippen LogP contribution in [0.1, 0.15) is 49.2 Å². The summed E-state index contributed by atoms with van der Waals surface area (Å²) in [5, 5.41) is 2.86. The van der Waals surface area contributed by atoms with Crippen molar-refractivity contribution in [1.29, 1.82) is 0 Å². The second-order valence-corrected chi connectivity index (χ2v) is 10.5. The highest BCUT2D eigenvalue weighted by Crippen LogP contribution is 2.34. The first kappa shape index (κ1) is 26.8. The minimum atomic E-state index is -0.857. The van der Waals surface area contributed by atoms with Gasteiger partial charge in [0.1, 0.15) is 18.0 Å². The molecule has 2 N–H and O–H groups in total. The summed E-state index contributed by atoms with van der Waals surface area (Å²) < 4.78 is 11.0. The maximum Gasteiger partial charge on any atom is 0.408 e. The Morgan fingerprint density at radius 2 is 1.54 bits per heavy atom. The maximum atomic E-state index is 14.0. The van der Waals surface area contributed by atoms with Crippen LogP contribution in [0, 0.1) is 0 Å². The SMILES string of the molecule is O=C(N[C@H](C(=O)N1CCC[C@H]1c1ncc(-c2ccc(-c3ccccc3)cc2)[nH]1)c1ccccc1)OC1CCOCC1. The third kappa shape index (κ3) is 6.18. The van der Waals surface area contributed by atoms with Crippen molar-refractivity contribution >= 4 is 12.0 Å². The van der Waals surface area contributed by atoms with Gasteiger partial charge in [-0.3, -0.25) is 4.79 Å². The van der Waals surface area contributed by atoms with Crippen molar-refractivity contribution < 1.29 is 19.1 Å². The molecule has 1 aromatic heterocycles. The lowest BCUT2D eigenvalue weighted by Crippen LogP contribution is -2.44. The molecule has 0 unspecified atom stereocenters. The second kappa shape index (κ2) is 12.4. The predicted molar refractivity (Wildman–Crippen MR) is 156 cm³/mol. The van der Waals surface area contributed by atoms with E-state index in [0.29, 0.717) is 38.2 Å². The average Bonchev–Trinajstić information content (AvgIpc) is 3.72. The molecule has 2 aliphatic rings. The number of hydrogen-bond donors (Lipinski definition) is 2. The minimum absolute atomic E-state index is 0.173. The summed E-state index contributed by atoms with van der Waals surface area (Å²) in [6.07, 6.45) is 3.98. The maximum absolute atomic E-state index is 14.0. The van der Waals surface area contributed by atoms with Gasteiger partial charge in [-0.1, -0.05) is 84.9 Å². The van der Waals surface area contributed by atoms with Gasteiger partial charge in [0.25, 0.3) is 5.91 Å². The van der Waals surface area contributed by atoms with E-state index in [9.17, 15) is 9.59 Å². The molecule has 41 heavy (non-hydrogen) atoms. The zero-order chi connectivity index (χ0) is 28.0. The third-order valence-corrected chi connectivity index (χ3v) is 7.83. The van der Waals surface area contributed by atoms with E-state index in [-0.39, 0.29) is 18.1 Å². The van der Waals surface area contributed by atoms with E-state index in [4.69, 9.17) is 9.47 Å². The number of carbonyl (C=O) groups excluding carboxylic acids is 2. The number of H-pyrrole nitrogens is 1. The number of benzene rings is 3. The number of amides is 2. The highest BCUT2D eigenvalue weighted by molar-refractivity contribution is 5.87. The Morgan fingerprint density at radius 1 is 0.878 bits per heavy atom. The van der Waals surface area contributed by atoms with Crippen LogP contribution in [-0.2, 0) is 14.3 Å². The first-order valence-corrected chi connectivity index (χ1v) is 14.3. The molecule has 0 spiro atoms. The summed E-state index contributed by atoms with van der Waals surface area (Å²) in [6.45, 7) is 1.72. The van der Waals surface area contributed by atoms with Crippen molar-refractivity contribution in [2.75, 3.05) is 19.8 Å². The van der Waals surface area contributed by atoms with E-state index in [1.165, 1.54) is 5.56 Å². The number of nitrogens with one attached hydrogen (secondary N) is 2. The smallest absolute Gasteiger partial charge is 0.408 e. The quantitative estimate of drug-likeness (QED) is 0.292. The molecule has 3 heterocycles. The fraction of sp³-hybridized carbons (Fsp3) is 0.303. The highest BCUT2D eigenvalue weighted by Gasteiger charge is 2.37. The molecule has 6 rings (SSSR count). The van der Waals surface area contributed by atoms with Crippen molar-refractivity contribution in [2.24, 2.45) is 0 Å². The van der Waals surface area contributed by atoms with Gasteiger partial charge in [0.15, 0.2) is 0 Å². The lowest BCUT2D eigenvalue weighted by Gasteiger charge is -2.29. The summed E-state index contributed by atoms with van der Waals surface area (Å²) in [5.41, 5.74) is 4.96. The van der Waals surface area contributed by atoms with Crippen molar-refractivity contribution in [3.05, 3.63) is 103 Å². The van der Waals surface area contributed by atoms with Gasteiger partial charge in [-0.25, -0.2) is 9.78 Å². The molecule has 0 bridgehead atoms. The zero-order valence-corrected chi connectivity index (χ0v) is 22.9. The van der Waals surface area contributed by atoms with Gasteiger partial charge in [0.2, 0.25) is 0 Å². The van der Waals surface area contributed by atoms with Gasteiger partial charge in [0, 0.05) is 19.4 Å². The van der Waals surface area contributed by atoms with Gasteiger partial charge in [0.05, 0.1) is 31.1 Å². The summed E-state index contributed by atoms with van der Waals surface area (Å²) in [6, 6.07) is 26.9. The van der Waals surface area contributed by atoms with Gasteiger partial charge in [-0.15, -0.1) is 0 Å². The van der Waals surface area contributed by atoms with Crippen molar-refractivity contribution in [2.45, 2.75) is 43.9 Å². The first-order valence-electron chi connectivity index (χ1n) is 14.3. The molecule has 2 aliphatic heterocycles. The van der Waals surface area contributed by atoms with Crippen molar-refractivity contribution in [3.63, 3.8) is 0 Å². The molecule has 2 fully saturated rings. The van der Waals surface area contributed by atoms with Crippen molar-refractivity contribution in [1.82, 2.24) is 20.2 Å². The largest absolute Gasteiger partial charge is 0.446 e. The van der Waals surface area contributed by atoms with Crippen LogP contribution in [0.15, 0.2) is 91.1 Å². The Labute approximate surface area is 239 Å². The van der Waals surface area contributed by atoms with Crippen LogP contribution >= 0.6 is 0 Å². The van der Waals surface area contributed by atoms with Crippen molar-refractivity contribution in [3.8, 4) is 22.4 Å². The van der Waals surface area contributed by atoms with Gasteiger partial charge >= 0.3 is 6.09 Å². The van der Waals surface area contributed by atoms with E-state index >= 15 is 0 Å². The summed E-state index contributed by atoms with van der Waals surface area (Å²) in [4.78, 5) is 36.8. The average molecular weight is 551 g/mol. The lowest BCUT2D eigenvalue weighted by atomic mass is 10.0. The number of hydrogen-bond acceptors (Lipinski definition) is 5. The Kier molecular flexibility index (Phi) is 8.09. The van der Waals surface area contributed by atoms with E-state index in [1.54, 1.807) is 0 Å². The Balaban J connectivity index is 1.18. The molecule has 0 aliphatic carbocycles. The normalized spacial score (nSPS) is 18.1. The number of nitrogens with zero attached hydrogens (tertiary/aromatic N) is 2. The molecule has 0 saturated carbocycles. The van der Waals surface area contributed by atoms with Crippen LogP contribution in [0.5, 0.6) is 0 Å². The van der Waals surface area contributed by atoms with Crippen LogP contribution in [0.4, 0.5) is 4.79 Å². The lowest BCUT2D eigenvalue weighted by molar-refractivity contribution is -0.134. The number of carbonyl (C=O) groups is 2. The molecule has 210 valence electrons. The number of ether oxygens (including phenoxy) is 2. The monoisotopic (exact) mass is 550 g/mol. The minimum Gasteiger partial charge on any atom is -0.446 e.